The molecule has 1 saturated heterocycles. The zero-order valence-corrected chi connectivity index (χ0v) is 13.6. The Morgan fingerprint density at radius 3 is 2.52 bits per heavy atom. The first-order valence-electron chi connectivity index (χ1n) is 7.06. The Kier molecular flexibility index (Phi) is 5.88. The zero-order valence-electron chi connectivity index (χ0n) is 12.1. The van der Waals surface area contributed by atoms with Gasteiger partial charge in [-0.3, -0.25) is 4.79 Å². The number of carbonyl (C=O) groups excluding carboxylic acids is 1. The summed E-state index contributed by atoms with van der Waals surface area (Å²) >= 11 is 11.8. The average molecular weight is 331 g/mol. The third-order valence-electron chi connectivity index (χ3n) is 3.71. The van der Waals surface area contributed by atoms with Crippen LogP contribution >= 0.6 is 23.2 Å². The molecule has 4 nitrogen and oxygen atoms in total. The quantitative estimate of drug-likeness (QED) is 0.926. The molecule has 1 unspecified atom stereocenters. The van der Waals surface area contributed by atoms with Crippen LogP contribution < -0.4 is 0 Å². The number of nitrogens with zero attached hydrogens (tertiary/aromatic N) is 2. The Hall–Kier alpha value is -0.810. The normalized spacial score (nSPS) is 18.4. The highest BCUT2D eigenvalue weighted by Crippen LogP contribution is 2.25. The molecule has 116 valence electrons. The van der Waals surface area contributed by atoms with Gasteiger partial charge in [0.2, 0.25) is 5.91 Å². The molecule has 1 aromatic carbocycles. The smallest absolute Gasteiger partial charge is 0.225 e. The number of rotatable bonds is 3. The summed E-state index contributed by atoms with van der Waals surface area (Å²) in [6, 6.07) is 4.88. The van der Waals surface area contributed by atoms with Gasteiger partial charge in [-0.15, -0.1) is 0 Å². The van der Waals surface area contributed by atoms with Gasteiger partial charge in [-0.2, -0.15) is 0 Å². The van der Waals surface area contributed by atoms with Crippen molar-refractivity contribution in [3.63, 3.8) is 0 Å². The van der Waals surface area contributed by atoms with E-state index >= 15 is 0 Å². The van der Waals surface area contributed by atoms with Gasteiger partial charge < -0.3 is 14.9 Å². The van der Waals surface area contributed by atoms with E-state index in [0.29, 0.717) is 22.2 Å². The maximum atomic E-state index is 12.3. The van der Waals surface area contributed by atoms with Crippen LogP contribution in [0.25, 0.3) is 0 Å². The lowest BCUT2D eigenvalue weighted by atomic mass is 10.1. The molecule has 21 heavy (non-hydrogen) atoms. The highest BCUT2D eigenvalue weighted by Gasteiger charge is 2.21. The largest absolute Gasteiger partial charge is 0.388 e. The monoisotopic (exact) mass is 330 g/mol. The first kappa shape index (κ1) is 16.6. The maximum Gasteiger partial charge on any atom is 0.225 e. The molecular formula is C15H20Cl2N2O2. The fourth-order valence-corrected chi connectivity index (χ4v) is 3.02. The van der Waals surface area contributed by atoms with Gasteiger partial charge in [0.25, 0.3) is 0 Å². The van der Waals surface area contributed by atoms with E-state index in [-0.39, 0.29) is 12.3 Å². The van der Waals surface area contributed by atoms with Crippen LogP contribution in [0.2, 0.25) is 10.0 Å². The Morgan fingerprint density at radius 1 is 1.19 bits per heavy atom. The fourth-order valence-electron chi connectivity index (χ4n) is 2.48. The molecule has 1 amide bonds. The van der Waals surface area contributed by atoms with Crippen molar-refractivity contribution in [3.8, 4) is 0 Å². The van der Waals surface area contributed by atoms with Crippen LogP contribution in [-0.2, 0) is 4.79 Å². The average Bonchev–Trinajstić information content (AvgIpc) is 2.62. The number of benzene rings is 1. The summed E-state index contributed by atoms with van der Waals surface area (Å²) in [6.45, 7) is 3.31. The second kappa shape index (κ2) is 7.45. The molecule has 1 aliphatic heterocycles. The number of likely N-dealkylation sites (N-methyl/N-ethyl adjacent to an activating group) is 1. The van der Waals surface area contributed by atoms with Gasteiger partial charge in [0.15, 0.2) is 0 Å². The standard InChI is InChI=1S/C15H20Cl2N2O2/c1-18-3-2-4-19(6-5-18)15(21)10-14(20)11-7-12(16)9-13(17)8-11/h7-9,14,20H,2-6,10H2,1H3. The van der Waals surface area contributed by atoms with E-state index < -0.39 is 6.10 Å². The van der Waals surface area contributed by atoms with Crippen LogP contribution in [0.4, 0.5) is 0 Å². The molecule has 1 aromatic rings. The Balaban J connectivity index is 1.98. The van der Waals surface area contributed by atoms with Crippen LogP contribution in [0, 0.1) is 0 Å². The van der Waals surface area contributed by atoms with Crippen LogP contribution in [-0.4, -0.2) is 54.0 Å². The van der Waals surface area contributed by atoms with Gasteiger partial charge in [0, 0.05) is 29.7 Å². The van der Waals surface area contributed by atoms with Gasteiger partial charge >= 0.3 is 0 Å². The molecule has 0 radical (unpaired) electrons. The molecule has 0 bridgehead atoms. The highest BCUT2D eigenvalue weighted by atomic mass is 35.5. The summed E-state index contributed by atoms with van der Waals surface area (Å²) in [4.78, 5) is 16.3. The number of amides is 1. The number of hydrogen-bond donors (Lipinski definition) is 1. The van der Waals surface area contributed by atoms with E-state index in [9.17, 15) is 9.90 Å². The second-order valence-electron chi connectivity index (χ2n) is 5.46. The Bertz CT molecular complexity index is 490. The van der Waals surface area contributed by atoms with Crippen molar-refractivity contribution >= 4 is 29.1 Å². The summed E-state index contributed by atoms with van der Waals surface area (Å²) in [5.74, 6) is -0.0334. The molecule has 1 fully saturated rings. The van der Waals surface area contributed by atoms with Gasteiger partial charge in [-0.1, -0.05) is 23.2 Å². The van der Waals surface area contributed by atoms with Crippen LogP contribution in [0.15, 0.2) is 18.2 Å². The minimum atomic E-state index is -0.880. The van der Waals surface area contributed by atoms with Crippen molar-refractivity contribution in [2.45, 2.75) is 18.9 Å². The lowest BCUT2D eigenvalue weighted by molar-refractivity contribution is -0.133. The summed E-state index contributed by atoms with van der Waals surface area (Å²) < 4.78 is 0. The SMILES string of the molecule is CN1CCCN(C(=O)CC(O)c2cc(Cl)cc(Cl)c2)CC1. The molecule has 1 heterocycles. The van der Waals surface area contributed by atoms with E-state index in [0.717, 1.165) is 26.1 Å². The lowest BCUT2D eigenvalue weighted by Crippen LogP contribution is -2.35. The molecule has 1 atom stereocenters. The summed E-state index contributed by atoms with van der Waals surface area (Å²) in [5, 5.41) is 11.1. The Labute approximate surface area is 135 Å². The zero-order chi connectivity index (χ0) is 15.4. The predicted octanol–water partition coefficient (Wildman–Crippen LogP) is 2.58. The highest BCUT2D eigenvalue weighted by molar-refractivity contribution is 6.34. The van der Waals surface area contributed by atoms with Crippen molar-refractivity contribution in [3.05, 3.63) is 33.8 Å². The number of halogens is 2. The van der Waals surface area contributed by atoms with Crippen molar-refractivity contribution < 1.29 is 9.90 Å². The van der Waals surface area contributed by atoms with E-state index in [2.05, 4.69) is 11.9 Å². The number of carbonyl (C=O) groups is 1. The molecule has 0 saturated carbocycles. The van der Waals surface area contributed by atoms with Crippen molar-refractivity contribution in [2.24, 2.45) is 0 Å². The van der Waals surface area contributed by atoms with Crippen molar-refractivity contribution in [2.75, 3.05) is 33.2 Å². The third kappa shape index (κ3) is 4.85. The van der Waals surface area contributed by atoms with Crippen LogP contribution in [0.1, 0.15) is 24.5 Å². The third-order valence-corrected chi connectivity index (χ3v) is 4.15. The van der Waals surface area contributed by atoms with E-state index in [1.54, 1.807) is 18.2 Å². The number of hydrogen-bond acceptors (Lipinski definition) is 3. The minimum Gasteiger partial charge on any atom is -0.388 e. The summed E-state index contributed by atoms with van der Waals surface area (Å²) in [6.07, 6.45) is 0.136. The first-order valence-corrected chi connectivity index (χ1v) is 7.81. The van der Waals surface area contributed by atoms with Crippen LogP contribution in [0.5, 0.6) is 0 Å². The van der Waals surface area contributed by atoms with E-state index in [1.165, 1.54) is 0 Å². The van der Waals surface area contributed by atoms with Gasteiger partial charge in [-0.05, 0) is 43.8 Å². The lowest BCUT2D eigenvalue weighted by Gasteiger charge is -2.22. The van der Waals surface area contributed by atoms with Crippen molar-refractivity contribution in [1.29, 1.82) is 0 Å². The van der Waals surface area contributed by atoms with E-state index in [4.69, 9.17) is 23.2 Å². The molecule has 2 rings (SSSR count). The molecule has 1 N–H and O–H groups in total. The predicted molar refractivity (Wildman–Crippen MR) is 84.7 cm³/mol. The van der Waals surface area contributed by atoms with Gasteiger partial charge in [0.1, 0.15) is 0 Å². The first-order chi connectivity index (χ1) is 9.95. The van der Waals surface area contributed by atoms with Crippen molar-refractivity contribution in [1.82, 2.24) is 9.80 Å². The number of aliphatic hydroxyl groups excluding tert-OH is 1. The number of aliphatic hydroxyl groups is 1. The molecule has 0 spiro atoms. The molecule has 1 aliphatic rings. The minimum absolute atomic E-state index is 0.0334. The Morgan fingerprint density at radius 2 is 1.86 bits per heavy atom. The molecule has 0 aromatic heterocycles. The molecular weight excluding hydrogens is 311 g/mol. The summed E-state index contributed by atoms with van der Waals surface area (Å²) in [7, 11) is 2.05. The maximum absolute atomic E-state index is 12.3. The van der Waals surface area contributed by atoms with Gasteiger partial charge in [-0.25, -0.2) is 0 Å². The second-order valence-corrected chi connectivity index (χ2v) is 6.33. The molecule has 0 aliphatic carbocycles. The van der Waals surface area contributed by atoms with Crippen LogP contribution in [0.3, 0.4) is 0 Å². The topological polar surface area (TPSA) is 43.8 Å². The van der Waals surface area contributed by atoms with Gasteiger partial charge in [0.05, 0.1) is 12.5 Å². The summed E-state index contributed by atoms with van der Waals surface area (Å²) in [5.41, 5.74) is 0.577. The van der Waals surface area contributed by atoms with E-state index in [1.807, 2.05) is 4.90 Å². The molecule has 6 heteroatoms. The fraction of sp³-hybridized carbons (Fsp3) is 0.533.